The molecule has 2 aromatic rings. The normalized spacial score (nSPS) is 20.0. The fourth-order valence-corrected chi connectivity index (χ4v) is 5.36. The number of aliphatic hydroxyl groups is 1. The number of hydrogen-bond acceptors (Lipinski definition) is 6. The Bertz CT molecular complexity index is 983. The number of thiophene rings is 1. The maximum absolute atomic E-state index is 13.4. The lowest BCUT2D eigenvalue weighted by Gasteiger charge is -2.31. The number of methoxy groups -OCH3 is 1. The van der Waals surface area contributed by atoms with Crippen LogP contribution in [0.1, 0.15) is 38.6 Å². The van der Waals surface area contributed by atoms with Crippen LogP contribution in [0.25, 0.3) is 0 Å². The number of fused-ring (bicyclic) bond motifs is 1. The first-order valence-corrected chi connectivity index (χ1v) is 11.3. The number of rotatable bonds is 4. The summed E-state index contributed by atoms with van der Waals surface area (Å²) in [5.74, 6) is 0.176. The van der Waals surface area contributed by atoms with Crippen LogP contribution >= 0.6 is 11.3 Å². The minimum atomic E-state index is -0.497. The highest BCUT2D eigenvalue weighted by atomic mass is 32.1. The van der Waals surface area contributed by atoms with Gasteiger partial charge >= 0.3 is 0 Å². The van der Waals surface area contributed by atoms with Crippen molar-refractivity contribution in [2.45, 2.75) is 45.4 Å². The summed E-state index contributed by atoms with van der Waals surface area (Å²) in [7, 11) is 1.50. The van der Waals surface area contributed by atoms with Crippen molar-refractivity contribution in [1.82, 2.24) is 14.4 Å². The van der Waals surface area contributed by atoms with Gasteiger partial charge in [0.25, 0.3) is 11.5 Å². The van der Waals surface area contributed by atoms with E-state index in [1.165, 1.54) is 22.9 Å². The van der Waals surface area contributed by atoms with Crippen LogP contribution in [0.4, 0.5) is 0 Å². The van der Waals surface area contributed by atoms with Crippen molar-refractivity contribution in [3.8, 4) is 5.75 Å². The van der Waals surface area contributed by atoms with E-state index in [9.17, 15) is 14.7 Å². The minimum absolute atomic E-state index is 0.133. The first kappa shape index (κ1) is 21.1. The number of carbonyl (C=O) groups is 1. The fraction of sp³-hybridized carbons (Fsp3) is 0.545. The van der Waals surface area contributed by atoms with Gasteiger partial charge in [-0.2, -0.15) is 0 Å². The van der Waals surface area contributed by atoms with E-state index in [0.29, 0.717) is 43.8 Å². The maximum atomic E-state index is 13.4. The van der Waals surface area contributed by atoms with Crippen molar-refractivity contribution in [3.05, 3.63) is 49.6 Å². The van der Waals surface area contributed by atoms with E-state index < -0.39 is 6.10 Å². The zero-order chi connectivity index (χ0) is 21.3. The molecule has 0 aromatic carbocycles. The third kappa shape index (κ3) is 4.31. The van der Waals surface area contributed by atoms with E-state index >= 15 is 0 Å². The highest BCUT2D eigenvalue weighted by Gasteiger charge is 2.30. The summed E-state index contributed by atoms with van der Waals surface area (Å²) >= 11 is 1.79. The Morgan fingerprint density at radius 1 is 1.27 bits per heavy atom. The summed E-state index contributed by atoms with van der Waals surface area (Å²) in [5, 5.41) is 10.0. The van der Waals surface area contributed by atoms with Crippen LogP contribution in [0, 0.1) is 6.92 Å². The second kappa shape index (κ2) is 8.91. The molecule has 0 unspecified atom stereocenters. The number of piperidine rings is 1. The molecule has 2 aliphatic heterocycles. The molecule has 30 heavy (non-hydrogen) atoms. The largest absolute Gasteiger partial charge is 0.496 e. The molecule has 1 fully saturated rings. The monoisotopic (exact) mass is 431 g/mol. The van der Waals surface area contributed by atoms with Crippen molar-refractivity contribution in [1.29, 1.82) is 0 Å². The predicted molar refractivity (Wildman–Crippen MR) is 116 cm³/mol. The molecule has 0 aliphatic carbocycles. The average Bonchev–Trinajstić information content (AvgIpc) is 3.02. The molecule has 0 radical (unpaired) electrons. The van der Waals surface area contributed by atoms with Gasteiger partial charge in [0, 0.05) is 67.2 Å². The molecule has 1 amide bonds. The fourth-order valence-electron chi connectivity index (χ4n) is 4.43. The molecule has 1 atom stereocenters. The summed E-state index contributed by atoms with van der Waals surface area (Å²) in [6.45, 7) is 5.96. The zero-order valence-electron chi connectivity index (χ0n) is 17.6. The van der Waals surface area contributed by atoms with Gasteiger partial charge in [-0.15, -0.1) is 11.3 Å². The van der Waals surface area contributed by atoms with Crippen molar-refractivity contribution in [2.24, 2.45) is 0 Å². The second-order valence-electron chi connectivity index (χ2n) is 8.11. The van der Waals surface area contributed by atoms with Gasteiger partial charge in [0.15, 0.2) is 0 Å². The van der Waals surface area contributed by atoms with Gasteiger partial charge in [-0.1, -0.05) is 0 Å². The maximum Gasteiger partial charge on any atom is 0.259 e. The third-order valence-corrected chi connectivity index (χ3v) is 6.96. The van der Waals surface area contributed by atoms with Gasteiger partial charge in [0.1, 0.15) is 11.3 Å². The minimum Gasteiger partial charge on any atom is -0.496 e. The number of aromatic nitrogens is 1. The van der Waals surface area contributed by atoms with Gasteiger partial charge in [0.05, 0.1) is 13.2 Å². The Hall–Kier alpha value is -2.16. The first-order chi connectivity index (χ1) is 14.5. The van der Waals surface area contributed by atoms with Crippen LogP contribution in [-0.4, -0.2) is 64.8 Å². The van der Waals surface area contributed by atoms with Crippen LogP contribution in [0.3, 0.4) is 0 Å². The van der Waals surface area contributed by atoms with E-state index in [1.54, 1.807) is 20.8 Å². The van der Waals surface area contributed by atoms with Crippen LogP contribution < -0.4 is 10.3 Å². The molecule has 4 rings (SSSR count). The lowest BCUT2D eigenvalue weighted by molar-refractivity contribution is 0.0469. The number of pyridine rings is 1. The summed E-state index contributed by atoms with van der Waals surface area (Å²) in [6.07, 6.45) is 1.60. The van der Waals surface area contributed by atoms with Gasteiger partial charge in [-0.05, 0) is 31.9 Å². The number of amides is 1. The molecule has 1 N–H and O–H groups in total. The number of carbonyl (C=O) groups excluding carboxylic acids is 1. The summed E-state index contributed by atoms with van der Waals surface area (Å²) in [4.78, 5) is 32.8. The molecule has 0 saturated carbocycles. The summed E-state index contributed by atoms with van der Waals surface area (Å²) in [5.41, 5.74) is 1.08. The van der Waals surface area contributed by atoms with Crippen molar-refractivity contribution in [2.75, 3.05) is 33.3 Å². The van der Waals surface area contributed by atoms with Crippen molar-refractivity contribution >= 4 is 17.2 Å². The van der Waals surface area contributed by atoms with Gasteiger partial charge in [0.2, 0.25) is 0 Å². The van der Waals surface area contributed by atoms with E-state index in [-0.39, 0.29) is 11.5 Å². The van der Waals surface area contributed by atoms with E-state index in [4.69, 9.17) is 4.74 Å². The molecular weight excluding hydrogens is 402 g/mol. The molecule has 2 aliphatic rings. The van der Waals surface area contributed by atoms with E-state index in [2.05, 4.69) is 24.0 Å². The Morgan fingerprint density at radius 3 is 2.80 bits per heavy atom. The van der Waals surface area contributed by atoms with Crippen LogP contribution in [0.15, 0.2) is 23.0 Å². The van der Waals surface area contributed by atoms with Crippen molar-refractivity contribution in [3.63, 3.8) is 0 Å². The summed E-state index contributed by atoms with van der Waals surface area (Å²) < 4.78 is 7.19. The highest BCUT2D eigenvalue weighted by molar-refractivity contribution is 7.11. The molecule has 0 bridgehead atoms. The summed E-state index contributed by atoms with van der Waals surface area (Å²) in [6, 6.07) is 5.71. The number of aryl methyl sites for hydroxylation is 1. The number of likely N-dealkylation sites (tertiary alicyclic amines) is 1. The number of aliphatic hydroxyl groups excluding tert-OH is 1. The van der Waals surface area contributed by atoms with Gasteiger partial charge < -0.3 is 19.3 Å². The topological polar surface area (TPSA) is 75.0 Å². The Kier molecular flexibility index (Phi) is 6.26. The number of hydrogen-bond donors (Lipinski definition) is 1. The Balaban J connectivity index is 1.63. The van der Waals surface area contributed by atoms with Crippen LogP contribution in [-0.2, 0) is 19.5 Å². The molecule has 2 aromatic heterocycles. The molecule has 0 spiro atoms. The van der Waals surface area contributed by atoms with Gasteiger partial charge in [-0.25, -0.2) is 0 Å². The Morgan fingerprint density at radius 2 is 2.10 bits per heavy atom. The standard InChI is InChI=1S/C22H29N3O4S/c1-15-5-6-17(30-15)14-23-9-7-18-21(22(28)24-8-3-4-16(26)13-24)19(29-2)12-20(27)25(18)11-10-23/h5-6,12,16,26H,3-4,7-11,13-14H2,1-2H3/t16-/m1/s1. The molecule has 4 heterocycles. The van der Waals surface area contributed by atoms with Crippen molar-refractivity contribution < 1.29 is 14.6 Å². The van der Waals surface area contributed by atoms with Gasteiger partial charge in [-0.3, -0.25) is 14.5 Å². The SMILES string of the molecule is COc1cc(=O)n2c(c1C(=O)N1CCC[C@@H](O)C1)CCN(Cc1ccc(C)s1)CC2. The van der Waals surface area contributed by atoms with Crippen LogP contribution in [0.5, 0.6) is 5.75 Å². The van der Waals surface area contributed by atoms with Crippen LogP contribution in [0.2, 0.25) is 0 Å². The average molecular weight is 432 g/mol. The first-order valence-electron chi connectivity index (χ1n) is 10.5. The zero-order valence-corrected chi connectivity index (χ0v) is 18.4. The number of nitrogens with zero attached hydrogens (tertiary/aromatic N) is 3. The quantitative estimate of drug-likeness (QED) is 0.800. The second-order valence-corrected chi connectivity index (χ2v) is 9.48. The number of ether oxygens (including phenoxy) is 1. The molecule has 162 valence electrons. The molecule has 8 heteroatoms. The molecule has 1 saturated heterocycles. The molecular formula is C22H29N3O4S. The Labute approximate surface area is 180 Å². The number of β-amino-alcohol motifs (C(OH)–C–C–N with tert-alkyl or cyclic N) is 1. The third-order valence-electron chi connectivity index (χ3n) is 5.98. The molecule has 7 nitrogen and oxygen atoms in total. The smallest absolute Gasteiger partial charge is 0.259 e. The van der Waals surface area contributed by atoms with E-state index in [1.807, 2.05) is 0 Å². The van der Waals surface area contributed by atoms with E-state index in [0.717, 1.165) is 31.7 Å². The lowest BCUT2D eigenvalue weighted by atomic mass is 10.0. The lowest BCUT2D eigenvalue weighted by Crippen LogP contribution is -2.43. The highest BCUT2D eigenvalue weighted by Crippen LogP contribution is 2.26. The predicted octanol–water partition coefficient (Wildman–Crippen LogP) is 1.88.